The zero-order valence-corrected chi connectivity index (χ0v) is 18.7. The van der Waals surface area contributed by atoms with Crippen LogP contribution in [0.2, 0.25) is 0 Å². The predicted octanol–water partition coefficient (Wildman–Crippen LogP) is 3.64. The van der Waals surface area contributed by atoms with Crippen molar-refractivity contribution in [3.63, 3.8) is 0 Å². The minimum absolute atomic E-state index is 0.0162. The van der Waals surface area contributed by atoms with Gasteiger partial charge in [0.25, 0.3) is 5.91 Å². The van der Waals surface area contributed by atoms with Gasteiger partial charge in [0, 0.05) is 17.0 Å². The van der Waals surface area contributed by atoms with E-state index in [2.05, 4.69) is 16.7 Å². The lowest BCUT2D eigenvalue weighted by atomic mass is 9.82. The van der Waals surface area contributed by atoms with Gasteiger partial charge in [0.1, 0.15) is 5.75 Å². The fourth-order valence-corrected chi connectivity index (χ4v) is 4.28. The van der Waals surface area contributed by atoms with Gasteiger partial charge in [-0.1, -0.05) is 42.1 Å². The molecule has 1 heterocycles. The van der Waals surface area contributed by atoms with Crippen molar-refractivity contribution in [2.75, 3.05) is 17.7 Å². The Bertz CT molecular complexity index is 1100. The van der Waals surface area contributed by atoms with E-state index >= 15 is 0 Å². The molecule has 2 aromatic rings. The van der Waals surface area contributed by atoms with Crippen LogP contribution in [0.5, 0.6) is 5.75 Å². The summed E-state index contributed by atoms with van der Waals surface area (Å²) in [6.07, 6.45) is 0. The largest absolute Gasteiger partial charge is 0.494 e. The van der Waals surface area contributed by atoms with E-state index in [1.54, 1.807) is 19.1 Å². The molecule has 3 rings (SSSR count). The molecule has 0 bridgehead atoms. The van der Waals surface area contributed by atoms with Gasteiger partial charge in [0.15, 0.2) is 0 Å². The first-order chi connectivity index (χ1) is 15.4. The molecule has 2 amide bonds. The second-order valence-electron chi connectivity index (χ2n) is 7.03. The number of ether oxygens (including phenoxy) is 1. The number of nitrogens with one attached hydrogen (secondary N) is 2. The molecule has 1 unspecified atom stereocenters. The maximum atomic E-state index is 13.3. The molecule has 0 fully saturated rings. The summed E-state index contributed by atoms with van der Waals surface area (Å²) >= 11 is 1.15. The number of para-hydroxylation sites is 1. The Labute approximate surface area is 191 Å². The standard InChI is InChI=1S/C24H24N4O3S/c1-3-31-18-11-9-16(10-12-18)22-19(13-25)24(32-14-20(26)29)27-15(2)21(22)23(30)28-17-7-5-4-6-8-17/h4-12,22,27H,3,14H2,1-2H3,(H2,26,29)(H,28,30). The molecular formula is C24H24N4O3S. The highest BCUT2D eigenvalue weighted by Gasteiger charge is 2.34. The maximum Gasteiger partial charge on any atom is 0.254 e. The number of primary amides is 1. The molecule has 32 heavy (non-hydrogen) atoms. The van der Waals surface area contributed by atoms with Gasteiger partial charge in [-0.05, 0) is 43.7 Å². The summed E-state index contributed by atoms with van der Waals surface area (Å²) in [6, 6.07) is 18.7. The van der Waals surface area contributed by atoms with Gasteiger partial charge in [0.05, 0.1) is 34.9 Å². The first kappa shape index (κ1) is 23.0. The van der Waals surface area contributed by atoms with Crippen LogP contribution in [0.3, 0.4) is 0 Å². The van der Waals surface area contributed by atoms with Crippen LogP contribution in [0.25, 0.3) is 0 Å². The minimum atomic E-state index is -0.615. The average Bonchev–Trinajstić information content (AvgIpc) is 2.78. The highest BCUT2D eigenvalue weighted by atomic mass is 32.2. The predicted molar refractivity (Wildman–Crippen MR) is 126 cm³/mol. The third kappa shape index (κ3) is 5.31. The highest BCUT2D eigenvalue weighted by Crippen LogP contribution is 2.41. The van der Waals surface area contributed by atoms with E-state index in [9.17, 15) is 14.9 Å². The normalized spacial score (nSPS) is 15.6. The molecule has 7 nitrogen and oxygen atoms in total. The molecular weight excluding hydrogens is 424 g/mol. The zero-order chi connectivity index (χ0) is 23.1. The molecule has 0 radical (unpaired) electrons. The fourth-order valence-electron chi connectivity index (χ4n) is 3.45. The Morgan fingerprint density at radius 2 is 1.88 bits per heavy atom. The monoisotopic (exact) mass is 448 g/mol. The number of allylic oxidation sites excluding steroid dienone is 2. The summed E-state index contributed by atoms with van der Waals surface area (Å²) in [4.78, 5) is 24.6. The first-order valence-electron chi connectivity index (χ1n) is 10.1. The van der Waals surface area contributed by atoms with Gasteiger partial charge in [-0.15, -0.1) is 0 Å². The van der Waals surface area contributed by atoms with Crippen molar-refractivity contribution >= 4 is 29.3 Å². The molecule has 164 valence electrons. The Morgan fingerprint density at radius 1 is 1.19 bits per heavy atom. The van der Waals surface area contributed by atoms with Gasteiger partial charge < -0.3 is 21.1 Å². The number of carbonyl (C=O) groups excluding carboxylic acids is 2. The van der Waals surface area contributed by atoms with E-state index in [4.69, 9.17) is 10.5 Å². The molecule has 0 aliphatic carbocycles. The smallest absolute Gasteiger partial charge is 0.254 e. The van der Waals surface area contributed by atoms with Crippen LogP contribution in [-0.2, 0) is 9.59 Å². The number of thioether (sulfide) groups is 1. The average molecular weight is 449 g/mol. The number of nitrogens with two attached hydrogens (primary N) is 1. The molecule has 1 aliphatic heterocycles. The third-order valence-electron chi connectivity index (χ3n) is 4.81. The molecule has 0 spiro atoms. The number of anilines is 1. The zero-order valence-electron chi connectivity index (χ0n) is 17.8. The summed E-state index contributed by atoms with van der Waals surface area (Å²) in [5.41, 5.74) is 8.10. The van der Waals surface area contributed by atoms with Crippen molar-refractivity contribution in [2.45, 2.75) is 19.8 Å². The Balaban J connectivity index is 2.05. The molecule has 8 heteroatoms. The Morgan fingerprint density at radius 3 is 2.47 bits per heavy atom. The van der Waals surface area contributed by atoms with Crippen LogP contribution in [0.15, 0.2) is 76.5 Å². The summed E-state index contributed by atoms with van der Waals surface area (Å²) < 4.78 is 5.53. The van der Waals surface area contributed by atoms with Crippen LogP contribution in [0, 0.1) is 11.3 Å². The number of rotatable bonds is 8. The SMILES string of the molecule is CCOc1ccc(C2C(C#N)=C(SCC(N)=O)NC(C)=C2C(=O)Nc2ccccc2)cc1. The molecule has 4 N–H and O–H groups in total. The van der Waals surface area contributed by atoms with E-state index < -0.39 is 11.8 Å². The molecule has 1 aliphatic rings. The van der Waals surface area contributed by atoms with Crippen molar-refractivity contribution < 1.29 is 14.3 Å². The number of carbonyl (C=O) groups is 2. The summed E-state index contributed by atoms with van der Waals surface area (Å²) in [5, 5.41) is 16.6. The first-order valence-corrected chi connectivity index (χ1v) is 11.1. The number of amides is 2. The number of hydrogen-bond donors (Lipinski definition) is 3. The van der Waals surface area contributed by atoms with E-state index in [0.717, 1.165) is 17.3 Å². The molecule has 2 aromatic carbocycles. The summed E-state index contributed by atoms with van der Waals surface area (Å²) in [5.74, 6) is -0.703. The maximum absolute atomic E-state index is 13.3. The van der Waals surface area contributed by atoms with E-state index in [-0.39, 0.29) is 11.7 Å². The van der Waals surface area contributed by atoms with Gasteiger partial charge in [-0.2, -0.15) is 5.26 Å². The van der Waals surface area contributed by atoms with Crippen molar-refractivity contribution in [3.8, 4) is 11.8 Å². The third-order valence-corrected chi connectivity index (χ3v) is 5.85. The van der Waals surface area contributed by atoms with Gasteiger partial charge in [0.2, 0.25) is 5.91 Å². The molecule has 0 aromatic heterocycles. The number of nitrogens with zero attached hydrogens (tertiary/aromatic N) is 1. The lowest BCUT2D eigenvalue weighted by molar-refractivity contribution is -0.115. The Kier molecular flexibility index (Phi) is 7.58. The van der Waals surface area contributed by atoms with E-state index in [1.165, 1.54) is 0 Å². The molecule has 0 saturated carbocycles. The van der Waals surface area contributed by atoms with Crippen LogP contribution in [0.1, 0.15) is 25.3 Å². The van der Waals surface area contributed by atoms with Gasteiger partial charge >= 0.3 is 0 Å². The van der Waals surface area contributed by atoms with Crippen molar-refractivity contribution in [2.24, 2.45) is 5.73 Å². The second kappa shape index (κ2) is 10.6. The van der Waals surface area contributed by atoms with Crippen LogP contribution >= 0.6 is 11.8 Å². The molecule has 0 saturated heterocycles. The van der Waals surface area contributed by atoms with Crippen molar-refractivity contribution in [3.05, 3.63) is 82.0 Å². The number of dihydropyridines is 1. The lowest BCUT2D eigenvalue weighted by Gasteiger charge is -2.30. The van der Waals surface area contributed by atoms with E-state index in [0.29, 0.717) is 39.9 Å². The van der Waals surface area contributed by atoms with Crippen molar-refractivity contribution in [1.29, 1.82) is 5.26 Å². The highest BCUT2D eigenvalue weighted by molar-refractivity contribution is 8.03. The number of nitriles is 1. The minimum Gasteiger partial charge on any atom is -0.494 e. The summed E-state index contributed by atoms with van der Waals surface area (Å²) in [6.45, 7) is 4.21. The summed E-state index contributed by atoms with van der Waals surface area (Å²) in [7, 11) is 0. The number of benzene rings is 2. The topological polar surface area (TPSA) is 117 Å². The molecule has 1 atom stereocenters. The second-order valence-corrected chi connectivity index (χ2v) is 8.01. The quantitative estimate of drug-likeness (QED) is 0.568. The fraction of sp³-hybridized carbons (Fsp3) is 0.208. The van der Waals surface area contributed by atoms with Crippen LogP contribution < -0.4 is 21.1 Å². The number of hydrogen-bond acceptors (Lipinski definition) is 6. The van der Waals surface area contributed by atoms with Gasteiger partial charge in [-0.25, -0.2) is 0 Å². The van der Waals surface area contributed by atoms with E-state index in [1.807, 2.05) is 49.4 Å². The van der Waals surface area contributed by atoms with Crippen molar-refractivity contribution in [1.82, 2.24) is 5.32 Å². The lowest BCUT2D eigenvalue weighted by Crippen LogP contribution is -2.31. The Hall–Kier alpha value is -3.70. The van der Waals surface area contributed by atoms with Crippen LogP contribution in [-0.4, -0.2) is 24.2 Å². The van der Waals surface area contributed by atoms with Gasteiger partial charge in [-0.3, -0.25) is 9.59 Å². The van der Waals surface area contributed by atoms with Crippen LogP contribution in [0.4, 0.5) is 5.69 Å².